The molecule has 1 aliphatic heterocycles. The summed E-state index contributed by atoms with van der Waals surface area (Å²) in [5.74, 6) is 2.39. The van der Waals surface area contributed by atoms with Crippen LogP contribution in [-0.4, -0.2) is 29.0 Å². The van der Waals surface area contributed by atoms with Gasteiger partial charge in [0.2, 0.25) is 0 Å². The summed E-state index contributed by atoms with van der Waals surface area (Å²) < 4.78 is 0. The molecule has 1 N–H and O–H groups in total. The van der Waals surface area contributed by atoms with Gasteiger partial charge in [0.25, 0.3) is 5.69 Å². The van der Waals surface area contributed by atoms with Gasteiger partial charge < -0.3 is 10.2 Å². The zero-order valence-corrected chi connectivity index (χ0v) is 13.2. The van der Waals surface area contributed by atoms with Gasteiger partial charge in [0, 0.05) is 19.1 Å². The molecule has 0 bridgehead atoms. The van der Waals surface area contributed by atoms with Crippen LogP contribution >= 0.6 is 0 Å². The van der Waals surface area contributed by atoms with E-state index in [1.165, 1.54) is 12.5 Å². The maximum Gasteiger partial charge on any atom is 0.276 e. The lowest BCUT2D eigenvalue weighted by Gasteiger charge is -2.41. The lowest BCUT2D eigenvalue weighted by molar-refractivity contribution is -0.384. The number of piperidine rings is 1. The first-order valence-electron chi connectivity index (χ1n) is 7.59. The van der Waals surface area contributed by atoms with Gasteiger partial charge in [-0.1, -0.05) is 13.8 Å². The van der Waals surface area contributed by atoms with Gasteiger partial charge in [-0.25, -0.2) is 4.98 Å². The van der Waals surface area contributed by atoms with Crippen LogP contribution in [0.5, 0.6) is 0 Å². The normalized spacial score (nSPS) is 25.7. The summed E-state index contributed by atoms with van der Waals surface area (Å²) >= 11 is 0. The molecule has 1 aromatic heterocycles. The van der Waals surface area contributed by atoms with E-state index in [1.54, 1.807) is 6.07 Å². The summed E-state index contributed by atoms with van der Waals surface area (Å²) in [6.07, 6.45) is 1.19. The van der Waals surface area contributed by atoms with Crippen molar-refractivity contribution < 1.29 is 4.92 Å². The minimum atomic E-state index is -0.354. The third-order valence-corrected chi connectivity index (χ3v) is 4.26. The largest absolute Gasteiger partial charge is 0.370 e. The SMILES string of the molecule is CCNc1cc([N+](=O)[O-])cc(N2CC(C)CC(C)C2C)n1. The van der Waals surface area contributed by atoms with Crippen molar-refractivity contribution in [2.45, 2.75) is 40.2 Å². The molecule has 0 spiro atoms. The number of aromatic nitrogens is 1. The van der Waals surface area contributed by atoms with Crippen molar-refractivity contribution in [2.75, 3.05) is 23.3 Å². The molecule has 21 heavy (non-hydrogen) atoms. The summed E-state index contributed by atoms with van der Waals surface area (Å²) in [5.41, 5.74) is 0.0917. The van der Waals surface area contributed by atoms with Crippen LogP contribution in [-0.2, 0) is 0 Å². The van der Waals surface area contributed by atoms with Gasteiger partial charge in [0.05, 0.1) is 17.1 Å². The summed E-state index contributed by atoms with van der Waals surface area (Å²) in [6, 6.07) is 3.42. The quantitative estimate of drug-likeness (QED) is 0.681. The Hall–Kier alpha value is -1.85. The molecule has 3 atom stereocenters. The van der Waals surface area contributed by atoms with Crippen molar-refractivity contribution in [3.63, 3.8) is 0 Å². The highest BCUT2D eigenvalue weighted by atomic mass is 16.6. The molecule has 0 saturated carbocycles. The Morgan fingerprint density at radius 2 is 2.14 bits per heavy atom. The van der Waals surface area contributed by atoms with Gasteiger partial charge in [0.1, 0.15) is 11.6 Å². The number of pyridine rings is 1. The molecule has 2 rings (SSSR count). The average molecular weight is 292 g/mol. The molecule has 0 aliphatic carbocycles. The number of hydrogen-bond acceptors (Lipinski definition) is 5. The van der Waals surface area contributed by atoms with E-state index in [9.17, 15) is 10.1 Å². The molecule has 116 valence electrons. The highest BCUT2D eigenvalue weighted by Gasteiger charge is 2.30. The molecule has 0 radical (unpaired) electrons. The molecule has 6 nitrogen and oxygen atoms in total. The third-order valence-electron chi connectivity index (χ3n) is 4.26. The lowest BCUT2D eigenvalue weighted by Crippen LogP contribution is -2.46. The molecule has 1 aromatic rings. The van der Waals surface area contributed by atoms with E-state index in [-0.39, 0.29) is 10.6 Å². The molecule has 3 unspecified atom stereocenters. The summed E-state index contributed by atoms with van der Waals surface area (Å²) in [5, 5.41) is 14.2. The topological polar surface area (TPSA) is 71.3 Å². The van der Waals surface area contributed by atoms with Crippen molar-refractivity contribution in [2.24, 2.45) is 11.8 Å². The van der Waals surface area contributed by atoms with Crippen molar-refractivity contribution in [3.8, 4) is 0 Å². The van der Waals surface area contributed by atoms with E-state index in [0.717, 1.165) is 6.54 Å². The Morgan fingerprint density at radius 3 is 2.76 bits per heavy atom. The average Bonchev–Trinajstić information content (AvgIpc) is 2.42. The van der Waals surface area contributed by atoms with Crippen molar-refractivity contribution >= 4 is 17.3 Å². The number of nitrogens with zero attached hydrogens (tertiary/aromatic N) is 3. The fraction of sp³-hybridized carbons (Fsp3) is 0.667. The molecule has 0 amide bonds. The van der Waals surface area contributed by atoms with E-state index >= 15 is 0 Å². The maximum atomic E-state index is 11.1. The first kappa shape index (κ1) is 15.5. The Labute approximate surface area is 125 Å². The number of anilines is 2. The number of hydrogen-bond donors (Lipinski definition) is 1. The second kappa shape index (κ2) is 6.28. The lowest BCUT2D eigenvalue weighted by atomic mass is 9.86. The van der Waals surface area contributed by atoms with Gasteiger partial charge in [-0.15, -0.1) is 0 Å². The van der Waals surface area contributed by atoms with E-state index in [2.05, 4.69) is 36.0 Å². The van der Waals surface area contributed by atoms with E-state index in [4.69, 9.17) is 0 Å². The molecular weight excluding hydrogens is 268 g/mol. The van der Waals surface area contributed by atoms with Crippen molar-refractivity contribution in [1.82, 2.24) is 4.98 Å². The van der Waals surface area contributed by atoms with Crippen LogP contribution in [0.1, 0.15) is 34.1 Å². The number of rotatable bonds is 4. The van der Waals surface area contributed by atoms with Crippen LogP contribution in [0.2, 0.25) is 0 Å². The van der Waals surface area contributed by atoms with Crippen LogP contribution in [0, 0.1) is 22.0 Å². The summed E-state index contributed by atoms with van der Waals surface area (Å²) in [7, 11) is 0. The molecule has 0 aromatic carbocycles. The van der Waals surface area contributed by atoms with Gasteiger partial charge in [-0.05, 0) is 32.1 Å². The van der Waals surface area contributed by atoms with E-state index in [1.807, 2.05) is 6.92 Å². The van der Waals surface area contributed by atoms with Gasteiger partial charge in [0.15, 0.2) is 0 Å². The molecular formula is C15H24N4O2. The molecule has 1 fully saturated rings. The summed E-state index contributed by atoms with van der Waals surface area (Å²) in [6.45, 7) is 10.2. The minimum Gasteiger partial charge on any atom is -0.370 e. The van der Waals surface area contributed by atoms with Crippen molar-refractivity contribution in [3.05, 3.63) is 22.2 Å². The van der Waals surface area contributed by atoms with Gasteiger partial charge in [-0.3, -0.25) is 10.1 Å². The minimum absolute atomic E-state index is 0.0917. The highest BCUT2D eigenvalue weighted by Crippen LogP contribution is 2.32. The van der Waals surface area contributed by atoms with Crippen LogP contribution < -0.4 is 10.2 Å². The predicted octanol–water partition coefficient (Wildman–Crippen LogP) is 3.29. The van der Waals surface area contributed by atoms with Crippen LogP contribution in [0.4, 0.5) is 17.3 Å². The first-order chi connectivity index (χ1) is 9.92. The maximum absolute atomic E-state index is 11.1. The predicted molar refractivity (Wildman–Crippen MR) is 84.8 cm³/mol. The van der Waals surface area contributed by atoms with Crippen LogP contribution in [0.3, 0.4) is 0 Å². The Bertz CT molecular complexity index is 520. The highest BCUT2D eigenvalue weighted by molar-refractivity contribution is 5.56. The van der Waals surface area contributed by atoms with E-state index in [0.29, 0.717) is 36.1 Å². The Kier molecular flexibility index (Phi) is 4.65. The number of nitrogens with one attached hydrogen (secondary N) is 1. The van der Waals surface area contributed by atoms with E-state index < -0.39 is 0 Å². The van der Waals surface area contributed by atoms with Gasteiger partial charge in [-0.2, -0.15) is 0 Å². The Morgan fingerprint density at radius 1 is 1.43 bits per heavy atom. The fourth-order valence-electron chi connectivity index (χ4n) is 3.04. The Balaban J connectivity index is 2.38. The zero-order valence-electron chi connectivity index (χ0n) is 13.2. The van der Waals surface area contributed by atoms with Crippen LogP contribution in [0.25, 0.3) is 0 Å². The van der Waals surface area contributed by atoms with Crippen LogP contribution in [0.15, 0.2) is 12.1 Å². The number of nitro groups is 1. The molecule has 1 aliphatic rings. The molecule has 6 heteroatoms. The summed E-state index contributed by atoms with van der Waals surface area (Å²) in [4.78, 5) is 17.5. The molecule has 2 heterocycles. The second-order valence-corrected chi connectivity index (χ2v) is 6.07. The standard InChI is InChI=1S/C15H24N4O2/c1-5-16-14-7-13(19(20)21)8-15(17-14)18-9-10(2)6-11(3)12(18)4/h7-8,10-12H,5-6,9H2,1-4H3,(H,16,17). The zero-order chi connectivity index (χ0) is 15.6. The smallest absolute Gasteiger partial charge is 0.276 e. The second-order valence-electron chi connectivity index (χ2n) is 6.07. The third kappa shape index (κ3) is 3.43. The fourth-order valence-corrected chi connectivity index (χ4v) is 3.04. The first-order valence-corrected chi connectivity index (χ1v) is 7.59. The van der Waals surface area contributed by atoms with Gasteiger partial charge >= 0.3 is 0 Å². The van der Waals surface area contributed by atoms with Crippen molar-refractivity contribution in [1.29, 1.82) is 0 Å². The molecule has 1 saturated heterocycles. The monoisotopic (exact) mass is 292 g/mol.